The molecule has 0 saturated heterocycles. The van der Waals surface area contributed by atoms with Crippen LogP contribution in [0.3, 0.4) is 0 Å². The zero-order chi connectivity index (χ0) is 19.9. The van der Waals surface area contributed by atoms with Crippen molar-refractivity contribution in [2.75, 3.05) is 12.3 Å². The average Bonchev–Trinajstić information content (AvgIpc) is 3.37. The fourth-order valence-electron chi connectivity index (χ4n) is 2.73. The van der Waals surface area contributed by atoms with Crippen molar-refractivity contribution in [3.63, 3.8) is 0 Å². The second-order valence-electron chi connectivity index (χ2n) is 6.81. The van der Waals surface area contributed by atoms with Gasteiger partial charge in [0, 0.05) is 11.4 Å². The molecule has 0 aliphatic heterocycles. The normalized spacial score (nSPS) is 11.1. The molecule has 0 N–H and O–H groups in total. The van der Waals surface area contributed by atoms with Gasteiger partial charge < -0.3 is 9.32 Å². The molecular formula is C21H25N3O2S2. The maximum Gasteiger partial charge on any atom is 0.257 e. The number of hydrogen-bond acceptors (Lipinski definition) is 6. The third-order valence-electron chi connectivity index (χ3n) is 4.28. The topological polar surface area (TPSA) is 59.2 Å². The van der Waals surface area contributed by atoms with E-state index in [1.807, 2.05) is 17.5 Å². The van der Waals surface area contributed by atoms with Crippen molar-refractivity contribution in [2.24, 2.45) is 0 Å². The van der Waals surface area contributed by atoms with Crippen LogP contribution in [0.25, 0.3) is 10.8 Å². The molecule has 5 nitrogen and oxygen atoms in total. The lowest BCUT2D eigenvalue weighted by Crippen LogP contribution is -2.32. The van der Waals surface area contributed by atoms with Crippen LogP contribution < -0.4 is 0 Å². The number of thiophene rings is 1. The Labute approximate surface area is 174 Å². The minimum Gasteiger partial charge on any atom is -0.418 e. The summed E-state index contributed by atoms with van der Waals surface area (Å²) >= 11 is 3.11. The Morgan fingerprint density at radius 1 is 1.21 bits per heavy atom. The SMILES string of the molecule is CCCN(Cc1nnc(-c2cccs2)o1)C(=O)CSc1ccc(C(C)C)cc1. The number of nitrogens with zero attached hydrogens (tertiary/aromatic N) is 3. The Morgan fingerprint density at radius 3 is 2.64 bits per heavy atom. The lowest BCUT2D eigenvalue weighted by molar-refractivity contribution is -0.129. The molecule has 7 heteroatoms. The highest BCUT2D eigenvalue weighted by Crippen LogP contribution is 2.24. The van der Waals surface area contributed by atoms with Gasteiger partial charge in [-0.1, -0.05) is 39.0 Å². The Hall–Kier alpha value is -2.12. The molecule has 0 spiro atoms. The van der Waals surface area contributed by atoms with Gasteiger partial charge in [0.05, 0.1) is 17.2 Å². The van der Waals surface area contributed by atoms with E-state index in [1.165, 1.54) is 5.56 Å². The summed E-state index contributed by atoms with van der Waals surface area (Å²) in [6.07, 6.45) is 0.880. The number of benzene rings is 1. The smallest absolute Gasteiger partial charge is 0.257 e. The molecule has 0 bridgehead atoms. The number of carbonyl (C=O) groups is 1. The standard InChI is InChI=1S/C21H25N3O2S2/c1-4-11-24(13-19-22-23-21(26-19)18-6-5-12-27-18)20(25)14-28-17-9-7-16(8-10-17)15(2)3/h5-10,12,15H,4,11,13-14H2,1-3H3. The number of hydrogen-bond donors (Lipinski definition) is 0. The molecular weight excluding hydrogens is 390 g/mol. The maximum atomic E-state index is 12.7. The zero-order valence-corrected chi connectivity index (χ0v) is 18.1. The van der Waals surface area contributed by atoms with Gasteiger partial charge in [0.15, 0.2) is 0 Å². The molecule has 0 saturated carbocycles. The van der Waals surface area contributed by atoms with Gasteiger partial charge in [-0.15, -0.1) is 33.3 Å². The number of aromatic nitrogens is 2. The summed E-state index contributed by atoms with van der Waals surface area (Å²) in [7, 11) is 0. The summed E-state index contributed by atoms with van der Waals surface area (Å²) in [5.74, 6) is 1.96. The molecule has 0 radical (unpaired) electrons. The first kappa shape index (κ1) is 20.6. The van der Waals surface area contributed by atoms with Gasteiger partial charge in [-0.25, -0.2) is 0 Å². The molecule has 1 aromatic carbocycles. The van der Waals surface area contributed by atoms with E-state index in [-0.39, 0.29) is 5.91 Å². The van der Waals surface area contributed by atoms with E-state index >= 15 is 0 Å². The van der Waals surface area contributed by atoms with Gasteiger partial charge in [-0.2, -0.15) is 0 Å². The second-order valence-corrected chi connectivity index (χ2v) is 8.80. The minimum absolute atomic E-state index is 0.0793. The van der Waals surface area contributed by atoms with E-state index in [9.17, 15) is 4.79 Å². The second kappa shape index (κ2) is 9.89. The third-order valence-corrected chi connectivity index (χ3v) is 6.13. The third kappa shape index (κ3) is 5.45. The summed E-state index contributed by atoms with van der Waals surface area (Å²) in [6, 6.07) is 12.3. The zero-order valence-electron chi connectivity index (χ0n) is 16.4. The van der Waals surface area contributed by atoms with E-state index in [0.717, 1.165) is 16.2 Å². The summed E-state index contributed by atoms with van der Waals surface area (Å²) in [4.78, 5) is 16.6. The molecule has 3 aromatic rings. The maximum absolute atomic E-state index is 12.7. The average molecular weight is 416 g/mol. The van der Waals surface area contributed by atoms with Crippen LogP contribution in [-0.4, -0.2) is 33.3 Å². The van der Waals surface area contributed by atoms with Gasteiger partial charge >= 0.3 is 0 Å². The predicted molar refractivity (Wildman–Crippen MR) is 115 cm³/mol. The molecule has 0 fully saturated rings. The Balaban J connectivity index is 1.59. The van der Waals surface area contributed by atoms with Crippen LogP contribution in [0, 0.1) is 0 Å². The molecule has 3 rings (SSSR count). The summed E-state index contributed by atoms with van der Waals surface area (Å²) < 4.78 is 5.74. The lowest BCUT2D eigenvalue weighted by atomic mass is 10.0. The van der Waals surface area contributed by atoms with Crippen molar-refractivity contribution < 1.29 is 9.21 Å². The van der Waals surface area contributed by atoms with Gasteiger partial charge in [-0.3, -0.25) is 4.79 Å². The Morgan fingerprint density at radius 2 is 2.00 bits per heavy atom. The Kier molecular flexibility index (Phi) is 7.28. The summed E-state index contributed by atoms with van der Waals surface area (Å²) in [5, 5.41) is 10.2. The number of amides is 1. The van der Waals surface area contributed by atoms with E-state index in [0.29, 0.717) is 36.5 Å². The van der Waals surface area contributed by atoms with Crippen LogP contribution in [0.2, 0.25) is 0 Å². The molecule has 0 aliphatic carbocycles. The molecule has 0 aliphatic rings. The van der Waals surface area contributed by atoms with Crippen LogP contribution in [0.15, 0.2) is 51.1 Å². The first-order valence-electron chi connectivity index (χ1n) is 9.43. The van der Waals surface area contributed by atoms with Crippen molar-refractivity contribution in [3.8, 4) is 10.8 Å². The predicted octanol–water partition coefficient (Wildman–Crippen LogP) is 5.45. The Bertz CT molecular complexity index is 873. The first-order valence-corrected chi connectivity index (χ1v) is 11.3. The lowest BCUT2D eigenvalue weighted by Gasteiger charge is -2.20. The fraction of sp³-hybridized carbons (Fsp3) is 0.381. The molecule has 0 atom stereocenters. The highest BCUT2D eigenvalue weighted by molar-refractivity contribution is 8.00. The molecule has 148 valence electrons. The quantitative estimate of drug-likeness (QED) is 0.435. The molecule has 1 amide bonds. The highest BCUT2D eigenvalue weighted by Gasteiger charge is 2.18. The van der Waals surface area contributed by atoms with Crippen molar-refractivity contribution in [3.05, 3.63) is 53.2 Å². The van der Waals surface area contributed by atoms with Crippen molar-refractivity contribution in [2.45, 2.75) is 44.6 Å². The van der Waals surface area contributed by atoms with Gasteiger partial charge in [0.1, 0.15) is 0 Å². The van der Waals surface area contributed by atoms with E-state index in [1.54, 1.807) is 28.0 Å². The van der Waals surface area contributed by atoms with E-state index < -0.39 is 0 Å². The van der Waals surface area contributed by atoms with Gasteiger partial charge in [0.2, 0.25) is 11.8 Å². The van der Waals surface area contributed by atoms with Crippen LogP contribution >= 0.6 is 23.1 Å². The van der Waals surface area contributed by atoms with Crippen LogP contribution in [0.4, 0.5) is 0 Å². The molecule has 2 aromatic heterocycles. The number of carbonyl (C=O) groups excluding carboxylic acids is 1. The minimum atomic E-state index is 0.0793. The van der Waals surface area contributed by atoms with Gasteiger partial charge in [-0.05, 0) is 41.5 Å². The van der Waals surface area contributed by atoms with Crippen molar-refractivity contribution >= 4 is 29.0 Å². The number of rotatable bonds is 9. The monoisotopic (exact) mass is 415 g/mol. The van der Waals surface area contributed by atoms with Crippen LogP contribution in [0.1, 0.15) is 44.6 Å². The summed E-state index contributed by atoms with van der Waals surface area (Å²) in [5.41, 5.74) is 1.31. The molecule has 0 unspecified atom stereocenters. The van der Waals surface area contributed by atoms with Gasteiger partial charge in [0.25, 0.3) is 5.89 Å². The largest absolute Gasteiger partial charge is 0.418 e. The van der Waals surface area contributed by atoms with Crippen LogP contribution in [-0.2, 0) is 11.3 Å². The van der Waals surface area contributed by atoms with Crippen molar-refractivity contribution in [1.82, 2.24) is 15.1 Å². The highest BCUT2D eigenvalue weighted by atomic mass is 32.2. The van der Waals surface area contributed by atoms with Crippen molar-refractivity contribution in [1.29, 1.82) is 0 Å². The fourth-order valence-corrected chi connectivity index (χ4v) is 4.17. The van der Waals surface area contributed by atoms with E-state index in [2.05, 4.69) is 55.2 Å². The molecule has 2 heterocycles. The first-order chi connectivity index (χ1) is 13.6. The van der Waals surface area contributed by atoms with E-state index in [4.69, 9.17) is 4.42 Å². The summed E-state index contributed by atoms with van der Waals surface area (Å²) in [6.45, 7) is 7.43. The van der Waals surface area contributed by atoms with Crippen LogP contribution in [0.5, 0.6) is 0 Å². The molecule has 28 heavy (non-hydrogen) atoms. The number of thioether (sulfide) groups is 1.